The van der Waals surface area contributed by atoms with Gasteiger partial charge in [-0.1, -0.05) is 0 Å². The summed E-state index contributed by atoms with van der Waals surface area (Å²) in [6, 6.07) is 0. The van der Waals surface area contributed by atoms with E-state index in [0.29, 0.717) is 12.0 Å². The van der Waals surface area contributed by atoms with Gasteiger partial charge in [0.15, 0.2) is 0 Å². The van der Waals surface area contributed by atoms with E-state index in [9.17, 15) is 4.79 Å². The minimum atomic E-state index is -0.760. The van der Waals surface area contributed by atoms with Crippen LogP contribution in [0.3, 0.4) is 0 Å². The summed E-state index contributed by atoms with van der Waals surface area (Å²) < 4.78 is 10.9. The molecule has 4 heteroatoms. The van der Waals surface area contributed by atoms with Gasteiger partial charge >= 0.3 is 5.97 Å². The maximum Gasteiger partial charge on any atom is 0.305 e. The van der Waals surface area contributed by atoms with Crippen LogP contribution in [0.5, 0.6) is 0 Å². The van der Waals surface area contributed by atoms with E-state index in [1.54, 1.807) is 0 Å². The van der Waals surface area contributed by atoms with E-state index in [4.69, 9.17) is 14.6 Å². The standard InChI is InChI=1S/C11H18O4/c12-10(13)7-9-8-11(3-6-15-9)1-4-14-5-2-11/h9H,1-8H2,(H,12,13). The molecule has 0 saturated carbocycles. The van der Waals surface area contributed by atoms with Crippen LogP contribution in [0.2, 0.25) is 0 Å². The Labute approximate surface area is 89.6 Å². The molecule has 0 aliphatic carbocycles. The molecular weight excluding hydrogens is 196 g/mol. The van der Waals surface area contributed by atoms with Crippen molar-refractivity contribution in [3.63, 3.8) is 0 Å². The molecule has 2 aliphatic heterocycles. The molecule has 0 aromatic carbocycles. The molecule has 4 nitrogen and oxygen atoms in total. The summed E-state index contributed by atoms with van der Waals surface area (Å²) >= 11 is 0. The van der Waals surface area contributed by atoms with E-state index in [1.165, 1.54) is 0 Å². The van der Waals surface area contributed by atoms with E-state index in [1.807, 2.05) is 0 Å². The van der Waals surface area contributed by atoms with Gasteiger partial charge in [-0.25, -0.2) is 0 Å². The van der Waals surface area contributed by atoms with Gasteiger partial charge < -0.3 is 14.6 Å². The lowest BCUT2D eigenvalue weighted by Gasteiger charge is -2.43. The van der Waals surface area contributed by atoms with Crippen LogP contribution in [0.25, 0.3) is 0 Å². The molecule has 1 spiro atoms. The molecule has 0 bridgehead atoms. The zero-order chi connectivity index (χ0) is 10.7. The summed E-state index contributed by atoms with van der Waals surface area (Å²) in [5, 5.41) is 8.75. The van der Waals surface area contributed by atoms with Crippen molar-refractivity contribution in [3.05, 3.63) is 0 Å². The molecular formula is C11H18O4. The van der Waals surface area contributed by atoms with Gasteiger partial charge in [0.2, 0.25) is 0 Å². The number of carbonyl (C=O) groups is 1. The quantitative estimate of drug-likeness (QED) is 0.755. The molecule has 2 fully saturated rings. The predicted molar refractivity (Wildman–Crippen MR) is 53.7 cm³/mol. The zero-order valence-corrected chi connectivity index (χ0v) is 8.91. The Balaban J connectivity index is 1.93. The van der Waals surface area contributed by atoms with Crippen LogP contribution in [0.1, 0.15) is 32.1 Å². The maximum absolute atomic E-state index is 10.6. The Bertz CT molecular complexity index is 227. The van der Waals surface area contributed by atoms with E-state index in [0.717, 1.165) is 38.9 Å². The summed E-state index contributed by atoms with van der Waals surface area (Å²) in [5.41, 5.74) is 0.302. The fraction of sp³-hybridized carbons (Fsp3) is 0.909. The third-order valence-corrected chi connectivity index (χ3v) is 3.60. The summed E-state index contributed by atoms with van der Waals surface area (Å²) in [7, 11) is 0. The van der Waals surface area contributed by atoms with E-state index in [-0.39, 0.29) is 12.5 Å². The first-order valence-electron chi connectivity index (χ1n) is 5.61. The van der Waals surface area contributed by atoms with Crippen molar-refractivity contribution < 1.29 is 19.4 Å². The Hall–Kier alpha value is -0.610. The number of rotatable bonds is 2. The van der Waals surface area contributed by atoms with Gasteiger partial charge in [-0.3, -0.25) is 4.79 Å². The number of hydrogen-bond donors (Lipinski definition) is 1. The van der Waals surface area contributed by atoms with Crippen molar-refractivity contribution in [2.75, 3.05) is 19.8 Å². The second-order valence-electron chi connectivity index (χ2n) is 4.66. The SMILES string of the molecule is O=C(O)CC1CC2(CCOCC2)CCO1. The third kappa shape index (κ3) is 2.69. The number of carboxylic acid groups (broad SMARTS) is 1. The average molecular weight is 214 g/mol. The van der Waals surface area contributed by atoms with Crippen molar-refractivity contribution in [2.24, 2.45) is 5.41 Å². The molecule has 2 rings (SSSR count). The van der Waals surface area contributed by atoms with Crippen molar-refractivity contribution in [1.29, 1.82) is 0 Å². The number of ether oxygens (including phenoxy) is 2. The largest absolute Gasteiger partial charge is 0.481 e. The lowest BCUT2D eigenvalue weighted by atomic mass is 9.72. The molecule has 0 amide bonds. The molecule has 2 saturated heterocycles. The van der Waals surface area contributed by atoms with Gasteiger partial charge in [0, 0.05) is 19.8 Å². The molecule has 2 aliphatic rings. The normalized spacial score (nSPS) is 30.3. The highest BCUT2D eigenvalue weighted by Crippen LogP contribution is 2.42. The Morgan fingerprint density at radius 2 is 1.93 bits per heavy atom. The Kier molecular flexibility index (Phi) is 3.26. The van der Waals surface area contributed by atoms with Crippen LogP contribution in [0.4, 0.5) is 0 Å². The highest BCUT2D eigenvalue weighted by atomic mass is 16.5. The molecule has 0 aromatic rings. The van der Waals surface area contributed by atoms with E-state index >= 15 is 0 Å². The highest BCUT2D eigenvalue weighted by molar-refractivity contribution is 5.67. The van der Waals surface area contributed by atoms with Crippen molar-refractivity contribution in [2.45, 2.75) is 38.2 Å². The van der Waals surface area contributed by atoms with E-state index < -0.39 is 5.97 Å². The topological polar surface area (TPSA) is 55.8 Å². The van der Waals surface area contributed by atoms with Crippen molar-refractivity contribution >= 4 is 5.97 Å². The number of hydrogen-bond acceptors (Lipinski definition) is 3. The van der Waals surface area contributed by atoms with Crippen LogP contribution < -0.4 is 0 Å². The maximum atomic E-state index is 10.6. The second kappa shape index (κ2) is 4.49. The first-order valence-corrected chi connectivity index (χ1v) is 5.61. The number of carboxylic acids is 1. The minimum absolute atomic E-state index is 0.0886. The van der Waals surface area contributed by atoms with Gasteiger partial charge in [-0.15, -0.1) is 0 Å². The molecule has 2 heterocycles. The summed E-state index contributed by atoms with van der Waals surface area (Å²) in [5.74, 6) is -0.760. The molecule has 15 heavy (non-hydrogen) atoms. The smallest absolute Gasteiger partial charge is 0.305 e. The van der Waals surface area contributed by atoms with Gasteiger partial charge in [0.05, 0.1) is 12.5 Å². The van der Waals surface area contributed by atoms with Crippen LogP contribution in [0, 0.1) is 5.41 Å². The summed E-state index contributed by atoms with van der Waals surface area (Å²) in [4.78, 5) is 10.6. The molecule has 0 radical (unpaired) electrons. The number of aliphatic carboxylic acids is 1. The van der Waals surface area contributed by atoms with Crippen LogP contribution in [-0.2, 0) is 14.3 Å². The Morgan fingerprint density at radius 1 is 1.27 bits per heavy atom. The van der Waals surface area contributed by atoms with Gasteiger partial charge in [0.25, 0.3) is 0 Å². The minimum Gasteiger partial charge on any atom is -0.481 e. The van der Waals surface area contributed by atoms with Crippen LogP contribution in [-0.4, -0.2) is 37.0 Å². The third-order valence-electron chi connectivity index (χ3n) is 3.60. The lowest BCUT2D eigenvalue weighted by Crippen LogP contribution is -2.40. The van der Waals surface area contributed by atoms with Crippen LogP contribution >= 0.6 is 0 Å². The van der Waals surface area contributed by atoms with Crippen molar-refractivity contribution in [3.8, 4) is 0 Å². The monoisotopic (exact) mass is 214 g/mol. The van der Waals surface area contributed by atoms with Crippen LogP contribution in [0.15, 0.2) is 0 Å². The molecule has 1 N–H and O–H groups in total. The summed E-state index contributed by atoms with van der Waals surface area (Å²) in [6.07, 6.45) is 4.13. The first-order chi connectivity index (χ1) is 7.20. The highest BCUT2D eigenvalue weighted by Gasteiger charge is 2.38. The van der Waals surface area contributed by atoms with Crippen molar-refractivity contribution in [1.82, 2.24) is 0 Å². The first kappa shape index (κ1) is 10.9. The van der Waals surface area contributed by atoms with E-state index in [2.05, 4.69) is 0 Å². The molecule has 1 unspecified atom stereocenters. The van der Waals surface area contributed by atoms with Gasteiger partial charge in [-0.05, 0) is 31.1 Å². The Morgan fingerprint density at radius 3 is 2.60 bits per heavy atom. The fourth-order valence-corrected chi connectivity index (χ4v) is 2.67. The summed E-state index contributed by atoms with van der Waals surface area (Å²) in [6.45, 7) is 2.34. The molecule has 0 aromatic heterocycles. The fourth-order valence-electron chi connectivity index (χ4n) is 2.67. The molecule has 1 atom stereocenters. The zero-order valence-electron chi connectivity index (χ0n) is 8.91. The second-order valence-corrected chi connectivity index (χ2v) is 4.66. The molecule has 86 valence electrons. The lowest BCUT2D eigenvalue weighted by molar-refractivity contribution is -0.145. The predicted octanol–water partition coefficient (Wildman–Crippen LogP) is 1.44. The van der Waals surface area contributed by atoms with Gasteiger partial charge in [-0.2, -0.15) is 0 Å². The van der Waals surface area contributed by atoms with Gasteiger partial charge in [0.1, 0.15) is 0 Å². The average Bonchev–Trinajstić information content (AvgIpc) is 2.17.